The second kappa shape index (κ2) is 6.99. The Morgan fingerprint density at radius 2 is 2.12 bits per heavy atom. The fraction of sp³-hybridized carbons (Fsp3) is 0.650. The first-order valence-electron chi connectivity index (χ1n) is 9.64. The van der Waals surface area contributed by atoms with Crippen LogP contribution < -0.4 is 0 Å². The summed E-state index contributed by atoms with van der Waals surface area (Å²) >= 11 is 0. The molecule has 6 nitrogen and oxygen atoms in total. The van der Waals surface area contributed by atoms with Crippen LogP contribution in [0.4, 0.5) is 0 Å². The highest BCUT2D eigenvalue weighted by atomic mass is 16.5. The number of methoxy groups -OCH3 is 1. The van der Waals surface area contributed by atoms with E-state index in [-0.39, 0.29) is 23.3 Å². The Kier molecular flexibility index (Phi) is 4.69. The van der Waals surface area contributed by atoms with E-state index in [9.17, 15) is 9.59 Å². The van der Waals surface area contributed by atoms with Crippen molar-refractivity contribution in [3.05, 3.63) is 30.1 Å². The number of piperidine rings is 1. The number of carbonyl (C=O) groups is 2. The molecule has 1 aromatic rings. The maximum absolute atomic E-state index is 12.8. The van der Waals surface area contributed by atoms with Crippen molar-refractivity contribution in [2.24, 2.45) is 5.92 Å². The van der Waals surface area contributed by atoms with E-state index in [4.69, 9.17) is 4.74 Å². The van der Waals surface area contributed by atoms with Crippen molar-refractivity contribution >= 4 is 11.8 Å². The van der Waals surface area contributed by atoms with E-state index in [1.54, 1.807) is 13.3 Å². The zero-order valence-corrected chi connectivity index (χ0v) is 15.4. The van der Waals surface area contributed by atoms with Crippen LogP contribution in [0.3, 0.4) is 0 Å². The van der Waals surface area contributed by atoms with Crippen LogP contribution in [0.25, 0.3) is 0 Å². The molecule has 140 valence electrons. The van der Waals surface area contributed by atoms with E-state index in [1.165, 1.54) is 0 Å². The third kappa shape index (κ3) is 3.00. The fourth-order valence-electron chi connectivity index (χ4n) is 4.77. The Bertz CT molecular complexity index is 666. The van der Waals surface area contributed by atoms with Crippen LogP contribution in [0.5, 0.6) is 0 Å². The summed E-state index contributed by atoms with van der Waals surface area (Å²) in [4.78, 5) is 33.6. The summed E-state index contributed by atoms with van der Waals surface area (Å²) in [6.07, 6.45) is 7.93. The number of ether oxygens (including phenoxy) is 1. The van der Waals surface area contributed by atoms with Gasteiger partial charge in [-0.1, -0.05) is 6.07 Å². The summed E-state index contributed by atoms with van der Waals surface area (Å²) in [6.45, 7) is 2.63. The van der Waals surface area contributed by atoms with Gasteiger partial charge in [0, 0.05) is 57.4 Å². The Balaban J connectivity index is 1.59. The van der Waals surface area contributed by atoms with Gasteiger partial charge in [0.05, 0.1) is 12.1 Å². The molecule has 4 rings (SSSR count). The Labute approximate surface area is 154 Å². The summed E-state index contributed by atoms with van der Waals surface area (Å²) in [5, 5.41) is 0. The number of carbonyl (C=O) groups excluding carboxylic acids is 2. The number of rotatable bonds is 5. The van der Waals surface area contributed by atoms with E-state index in [1.807, 2.05) is 22.1 Å². The lowest BCUT2D eigenvalue weighted by molar-refractivity contribution is -0.138. The van der Waals surface area contributed by atoms with E-state index in [0.717, 1.165) is 44.3 Å². The lowest BCUT2D eigenvalue weighted by Crippen LogP contribution is -2.57. The molecule has 0 radical (unpaired) electrons. The maximum Gasteiger partial charge on any atom is 0.225 e. The van der Waals surface area contributed by atoms with Gasteiger partial charge in [0.1, 0.15) is 0 Å². The smallest absolute Gasteiger partial charge is 0.225 e. The minimum atomic E-state index is -0.223. The molecule has 1 atom stereocenters. The average Bonchev–Trinajstić information content (AvgIpc) is 3.48. The van der Waals surface area contributed by atoms with Crippen LogP contribution in [0.2, 0.25) is 0 Å². The van der Waals surface area contributed by atoms with Crippen molar-refractivity contribution in [1.82, 2.24) is 14.8 Å². The molecule has 26 heavy (non-hydrogen) atoms. The van der Waals surface area contributed by atoms with Crippen molar-refractivity contribution in [3.8, 4) is 0 Å². The zero-order chi connectivity index (χ0) is 18.1. The van der Waals surface area contributed by atoms with Gasteiger partial charge in [-0.2, -0.15) is 0 Å². The summed E-state index contributed by atoms with van der Waals surface area (Å²) < 4.78 is 5.26. The summed E-state index contributed by atoms with van der Waals surface area (Å²) in [7, 11) is 1.67. The summed E-state index contributed by atoms with van der Waals surface area (Å²) in [5.74, 6) is 0.898. The van der Waals surface area contributed by atoms with Crippen LogP contribution in [0, 0.1) is 5.92 Å². The molecule has 3 aliphatic rings. The Hall–Kier alpha value is -1.95. The highest BCUT2D eigenvalue weighted by Gasteiger charge is 2.54. The van der Waals surface area contributed by atoms with Gasteiger partial charge in [-0.15, -0.1) is 0 Å². The molecular formula is C20H27N3O3. The summed E-state index contributed by atoms with van der Waals surface area (Å²) in [5.41, 5.74) is 0.904. The molecule has 1 spiro atoms. The van der Waals surface area contributed by atoms with Gasteiger partial charge >= 0.3 is 0 Å². The number of amides is 2. The molecule has 6 heteroatoms. The van der Waals surface area contributed by atoms with Gasteiger partial charge < -0.3 is 14.5 Å². The monoisotopic (exact) mass is 357 g/mol. The van der Waals surface area contributed by atoms with E-state index >= 15 is 0 Å². The molecule has 3 heterocycles. The zero-order valence-electron chi connectivity index (χ0n) is 15.4. The number of hydrogen-bond acceptors (Lipinski definition) is 4. The first-order chi connectivity index (χ1) is 12.7. The second-order valence-corrected chi connectivity index (χ2v) is 7.78. The first-order valence-corrected chi connectivity index (χ1v) is 9.64. The molecule has 2 aliphatic heterocycles. The Morgan fingerprint density at radius 1 is 1.35 bits per heavy atom. The van der Waals surface area contributed by atoms with Gasteiger partial charge in [-0.3, -0.25) is 14.6 Å². The molecule has 1 aliphatic carbocycles. The van der Waals surface area contributed by atoms with Gasteiger partial charge in [-0.05, 0) is 37.3 Å². The number of hydrogen-bond donors (Lipinski definition) is 0. The lowest BCUT2D eigenvalue weighted by atomic mass is 9.74. The quantitative estimate of drug-likeness (QED) is 0.806. The highest BCUT2D eigenvalue weighted by Crippen LogP contribution is 2.49. The van der Waals surface area contributed by atoms with Gasteiger partial charge in [0.15, 0.2) is 0 Å². The predicted octanol–water partition coefficient (Wildman–Crippen LogP) is 1.82. The number of aromatic nitrogens is 1. The van der Waals surface area contributed by atoms with Gasteiger partial charge in [-0.25, -0.2) is 0 Å². The van der Waals surface area contributed by atoms with Crippen LogP contribution in [0.1, 0.15) is 43.6 Å². The van der Waals surface area contributed by atoms with Crippen molar-refractivity contribution < 1.29 is 14.3 Å². The van der Waals surface area contributed by atoms with E-state index in [2.05, 4.69) is 11.1 Å². The standard InChI is InChI=1S/C20H27N3O3/c1-26-12-11-23-18(24)13-17(16-3-2-8-21-14-16)20(23)6-9-22(10-7-20)19(25)15-4-5-15/h2-3,8,14-15,17H,4-7,9-13H2,1H3/t17-/m0/s1. The van der Waals surface area contributed by atoms with Crippen molar-refractivity contribution in [2.45, 2.75) is 43.6 Å². The van der Waals surface area contributed by atoms with Crippen molar-refractivity contribution in [1.29, 1.82) is 0 Å². The molecule has 0 unspecified atom stereocenters. The third-order valence-corrected chi connectivity index (χ3v) is 6.34. The minimum Gasteiger partial charge on any atom is -0.383 e. The molecule has 0 N–H and O–H groups in total. The number of nitrogens with zero attached hydrogens (tertiary/aromatic N) is 3. The van der Waals surface area contributed by atoms with E-state index < -0.39 is 0 Å². The lowest BCUT2D eigenvalue weighted by Gasteiger charge is -2.48. The predicted molar refractivity (Wildman–Crippen MR) is 96.5 cm³/mol. The molecular weight excluding hydrogens is 330 g/mol. The second-order valence-electron chi connectivity index (χ2n) is 7.78. The number of likely N-dealkylation sites (tertiary alicyclic amines) is 2. The maximum atomic E-state index is 12.8. The van der Waals surface area contributed by atoms with Gasteiger partial charge in [0.2, 0.25) is 11.8 Å². The van der Waals surface area contributed by atoms with Gasteiger partial charge in [0.25, 0.3) is 0 Å². The largest absolute Gasteiger partial charge is 0.383 e. The molecule has 2 saturated heterocycles. The van der Waals surface area contributed by atoms with E-state index in [0.29, 0.717) is 25.5 Å². The minimum absolute atomic E-state index is 0.138. The topological polar surface area (TPSA) is 62.7 Å². The third-order valence-electron chi connectivity index (χ3n) is 6.34. The molecule has 1 aromatic heterocycles. The van der Waals surface area contributed by atoms with Crippen LogP contribution >= 0.6 is 0 Å². The van der Waals surface area contributed by atoms with Crippen molar-refractivity contribution in [2.75, 3.05) is 33.4 Å². The SMILES string of the molecule is COCCN1C(=O)C[C@@H](c2cccnc2)C12CCN(C(=O)C1CC1)CC2. The molecule has 3 fully saturated rings. The number of pyridine rings is 1. The Morgan fingerprint density at radius 3 is 2.73 bits per heavy atom. The first kappa shape index (κ1) is 17.5. The molecule has 0 bridgehead atoms. The fourth-order valence-corrected chi connectivity index (χ4v) is 4.77. The van der Waals surface area contributed by atoms with Crippen LogP contribution in [-0.2, 0) is 14.3 Å². The van der Waals surface area contributed by atoms with Crippen LogP contribution in [0.15, 0.2) is 24.5 Å². The van der Waals surface area contributed by atoms with Crippen molar-refractivity contribution in [3.63, 3.8) is 0 Å². The van der Waals surface area contributed by atoms with Crippen LogP contribution in [-0.4, -0.2) is 65.5 Å². The summed E-state index contributed by atoms with van der Waals surface area (Å²) in [6, 6.07) is 4.02. The molecule has 1 saturated carbocycles. The highest BCUT2D eigenvalue weighted by molar-refractivity contribution is 5.83. The molecule has 2 amide bonds. The normalized spacial score (nSPS) is 25.1. The average molecular weight is 357 g/mol. The molecule has 0 aromatic carbocycles.